The number of aryl methyl sites for hydroxylation is 1. The van der Waals surface area contributed by atoms with E-state index in [9.17, 15) is 4.79 Å². The Kier molecular flexibility index (Phi) is 4.23. The van der Waals surface area contributed by atoms with Crippen molar-refractivity contribution in [1.29, 1.82) is 0 Å². The third kappa shape index (κ3) is 2.97. The maximum absolute atomic E-state index is 12.5. The molecule has 0 unspecified atom stereocenters. The zero-order valence-electron chi connectivity index (χ0n) is 14.3. The van der Waals surface area contributed by atoms with E-state index in [2.05, 4.69) is 26.8 Å². The second-order valence-electron chi connectivity index (χ2n) is 6.06. The third-order valence-corrected chi connectivity index (χ3v) is 4.51. The molecule has 0 radical (unpaired) electrons. The minimum Gasteiger partial charge on any atom is -0.497 e. The molecule has 26 heavy (non-hydrogen) atoms. The topological polar surface area (TPSA) is 79.4 Å². The molecular weight excluding hydrogens is 328 g/mol. The van der Waals surface area contributed by atoms with Crippen LogP contribution in [0.1, 0.15) is 27.2 Å². The van der Waals surface area contributed by atoms with Crippen molar-refractivity contribution in [3.63, 3.8) is 0 Å². The van der Waals surface area contributed by atoms with Crippen LogP contribution in [0.5, 0.6) is 5.75 Å². The van der Waals surface area contributed by atoms with E-state index in [1.54, 1.807) is 13.3 Å². The predicted octanol–water partition coefficient (Wildman–Crippen LogP) is 2.95. The van der Waals surface area contributed by atoms with Gasteiger partial charge in [0.25, 0.3) is 5.91 Å². The van der Waals surface area contributed by atoms with Gasteiger partial charge in [-0.2, -0.15) is 10.2 Å². The lowest BCUT2D eigenvalue weighted by Crippen LogP contribution is -2.20. The Morgan fingerprint density at radius 2 is 2.00 bits per heavy atom. The number of H-pyrrole nitrogens is 1. The Morgan fingerprint density at radius 3 is 2.81 bits per heavy atom. The molecule has 4 rings (SSSR count). The van der Waals surface area contributed by atoms with Gasteiger partial charge in [0.15, 0.2) is 0 Å². The molecule has 0 bridgehead atoms. The minimum absolute atomic E-state index is 0.289. The van der Waals surface area contributed by atoms with Gasteiger partial charge in [0.05, 0.1) is 19.0 Å². The summed E-state index contributed by atoms with van der Waals surface area (Å²) in [6.45, 7) is 0. The number of hydrogen-bond acceptors (Lipinski definition) is 4. The van der Waals surface area contributed by atoms with Gasteiger partial charge in [-0.3, -0.25) is 9.89 Å². The average molecular weight is 346 g/mol. The third-order valence-electron chi connectivity index (χ3n) is 4.51. The maximum atomic E-state index is 12.5. The van der Waals surface area contributed by atoms with Gasteiger partial charge in [0, 0.05) is 11.1 Å². The molecule has 0 aliphatic heterocycles. The summed E-state index contributed by atoms with van der Waals surface area (Å²) in [6, 6.07) is 15.6. The summed E-state index contributed by atoms with van der Waals surface area (Å²) in [6.07, 6.45) is 3.28. The van der Waals surface area contributed by atoms with E-state index in [1.807, 2.05) is 42.5 Å². The molecule has 1 aliphatic rings. The van der Waals surface area contributed by atoms with Crippen molar-refractivity contribution in [3.8, 4) is 17.0 Å². The van der Waals surface area contributed by atoms with Crippen molar-refractivity contribution in [2.24, 2.45) is 5.10 Å². The summed E-state index contributed by atoms with van der Waals surface area (Å²) in [5, 5.41) is 11.3. The largest absolute Gasteiger partial charge is 0.497 e. The molecule has 1 amide bonds. The van der Waals surface area contributed by atoms with Gasteiger partial charge in [0.2, 0.25) is 0 Å². The van der Waals surface area contributed by atoms with E-state index < -0.39 is 0 Å². The van der Waals surface area contributed by atoms with E-state index in [-0.39, 0.29) is 5.91 Å². The Morgan fingerprint density at radius 1 is 1.19 bits per heavy atom. The molecule has 0 spiro atoms. The van der Waals surface area contributed by atoms with Gasteiger partial charge in [-0.1, -0.05) is 24.3 Å². The number of benzene rings is 2. The summed E-state index contributed by atoms with van der Waals surface area (Å²) in [7, 11) is 1.62. The van der Waals surface area contributed by atoms with Crippen LogP contribution in [0.2, 0.25) is 0 Å². The van der Waals surface area contributed by atoms with Gasteiger partial charge in [-0.25, -0.2) is 5.43 Å². The fraction of sp³-hybridized carbons (Fsp3) is 0.150. The summed E-state index contributed by atoms with van der Waals surface area (Å²) in [4.78, 5) is 12.5. The number of amides is 1. The predicted molar refractivity (Wildman–Crippen MR) is 99.5 cm³/mol. The molecule has 0 fully saturated rings. The quantitative estimate of drug-likeness (QED) is 0.563. The molecule has 1 aromatic heterocycles. The Labute approximate surface area is 150 Å². The van der Waals surface area contributed by atoms with Crippen LogP contribution in [0.25, 0.3) is 11.3 Å². The van der Waals surface area contributed by atoms with Gasteiger partial charge >= 0.3 is 0 Å². The van der Waals surface area contributed by atoms with E-state index in [1.165, 1.54) is 5.56 Å². The molecular formula is C20H18N4O2. The average Bonchev–Trinajstić information content (AvgIpc) is 3.13. The minimum atomic E-state index is -0.289. The zero-order chi connectivity index (χ0) is 17.9. The highest BCUT2D eigenvalue weighted by Gasteiger charge is 2.24. The lowest BCUT2D eigenvalue weighted by molar-refractivity contribution is 0.0949. The number of nitrogens with zero attached hydrogens (tertiary/aromatic N) is 2. The van der Waals surface area contributed by atoms with Crippen molar-refractivity contribution < 1.29 is 9.53 Å². The number of nitrogens with one attached hydrogen (secondary N) is 2. The van der Waals surface area contributed by atoms with E-state index in [0.717, 1.165) is 41.0 Å². The van der Waals surface area contributed by atoms with Crippen LogP contribution in [0.15, 0.2) is 53.6 Å². The number of fused-ring (bicyclic) bond motifs is 3. The van der Waals surface area contributed by atoms with Gasteiger partial charge in [-0.05, 0) is 48.2 Å². The second-order valence-corrected chi connectivity index (χ2v) is 6.06. The van der Waals surface area contributed by atoms with Crippen molar-refractivity contribution >= 4 is 12.1 Å². The summed E-state index contributed by atoms with van der Waals surface area (Å²) in [5.74, 6) is 0.485. The standard InChI is InChI=1S/C20H18N4O2/c1-26-15-9-6-13(7-10-15)12-21-24-20(25)19-17-11-8-14-4-2-3-5-16(14)18(17)22-23-19/h2-7,9-10,12H,8,11H2,1H3,(H,22,23)(H,24,25)/b21-12+. The number of carbonyl (C=O) groups is 1. The van der Waals surface area contributed by atoms with Crippen LogP contribution in [0.4, 0.5) is 0 Å². The number of aromatic amines is 1. The van der Waals surface area contributed by atoms with Crippen LogP contribution in [-0.4, -0.2) is 29.4 Å². The Balaban J connectivity index is 1.50. The van der Waals surface area contributed by atoms with Gasteiger partial charge < -0.3 is 4.74 Å². The molecule has 6 nitrogen and oxygen atoms in total. The first-order chi connectivity index (χ1) is 12.8. The molecule has 130 valence electrons. The lowest BCUT2D eigenvalue weighted by atomic mass is 9.89. The summed E-state index contributed by atoms with van der Waals surface area (Å²) < 4.78 is 5.11. The number of hydrazone groups is 1. The number of ether oxygens (including phenoxy) is 1. The first kappa shape index (κ1) is 16.1. The maximum Gasteiger partial charge on any atom is 0.289 e. The van der Waals surface area contributed by atoms with Gasteiger partial charge in [0.1, 0.15) is 11.4 Å². The van der Waals surface area contributed by atoms with Crippen molar-refractivity contribution in [2.75, 3.05) is 7.11 Å². The summed E-state index contributed by atoms with van der Waals surface area (Å²) >= 11 is 0. The molecule has 2 aromatic carbocycles. The Bertz CT molecular complexity index is 974. The molecule has 1 aliphatic carbocycles. The molecule has 2 N–H and O–H groups in total. The number of aromatic nitrogens is 2. The fourth-order valence-corrected chi connectivity index (χ4v) is 3.16. The first-order valence-electron chi connectivity index (χ1n) is 8.39. The summed E-state index contributed by atoms with van der Waals surface area (Å²) in [5.41, 5.74) is 8.06. The van der Waals surface area contributed by atoms with Crippen LogP contribution in [-0.2, 0) is 12.8 Å². The lowest BCUT2D eigenvalue weighted by Gasteiger charge is -2.15. The van der Waals surface area contributed by atoms with Crippen molar-refractivity contribution in [2.45, 2.75) is 12.8 Å². The highest BCUT2D eigenvalue weighted by atomic mass is 16.5. The molecule has 0 saturated carbocycles. The van der Waals surface area contributed by atoms with Crippen LogP contribution >= 0.6 is 0 Å². The molecule has 1 heterocycles. The monoisotopic (exact) mass is 346 g/mol. The number of rotatable bonds is 4. The van der Waals surface area contributed by atoms with Crippen LogP contribution in [0.3, 0.4) is 0 Å². The highest BCUT2D eigenvalue weighted by molar-refractivity contribution is 5.96. The van der Waals surface area contributed by atoms with E-state index in [0.29, 0.717) is 5.69 Å². The smallest absolute Gasteiger partial charge is 0.289 e. The van der Waals surface area contributed by atoms with Crippen LogP contribution < -0.4 is 10.2 Å². The molecule has 0 saturated heterocycles. The van der Waals surface area contributed by atoms with E-state index >= 15 is 0 Å². The zero-order valence-corrected chi connectivity index (χ0v) is 14.3. The normalized spacial score (nSPS) is 12.5. The first-order valence-corrected chi connectivity index (χ1v) is 8.39. The Hall–Kier alpha value is -3.41. The molecule has 6 heteroatoms. The number of carbonyl (C=O) groups excluding carboxylic acids is 1. The SMILES string of the molecule is COc1ccc(/C=N/NC(=O)c2[nH]nc3c2CCc2ccccc2-3)cc1. The van der Waals surface area contributed by atoms with Crippen molar-refractivity contribution in [3.05, 3.63) is 70.9 Å². The molecule has 3 aromatic rings. The molecule has 0 atom stereocenters. The fourth-order valence-electron chi connectivity index (χ4n) is 3.16. The number of hydrogen-bond donors (Lipinski definition) is 2. The van der Waals surface area contributed by atoms with Crippen molar-refractivity contribution in [1.82, 2.24) is 15.6 Å². The number of methoxy groups -OCH3 is 1. The van der Waals surface area contributed by atoms with Crippen LogP contribution in [0, 0.1) is 0 Å². The van der Waals surface area contributed by atoms with E-state index in [4.69, 9.17) is 4.74 Å². The van der Waals surface area contributed by atoms with Gasteiger partial charge in [-0.15, -0.1) is 0 Å². The second kappa shape index (κ2) is 6.84. The highest BCUT2D eigenvalue weighted by Crippen LogP contribution is 2.33.